The van der Waals surface area contributed by atoms with Crippen LogP contribution >= 0.6 is 23.4 Å². The molecule has 1 unspecified atom stereocenters. The van der Waals surface area contributed by atoms with E-state index in [1.165, 1.54) is 19.2 Å². The number of rotatable bonds is 3. The van der Waals surface area contributed by atoms with E-state index in [2.05, 4.69) is 5.32 Å². The van der Waals surface area contributed by atoms with Crippen LogP contribution in [0.2, 0.25) is 5.02 Å². The Labute approximate surface area is 143 Å². The van der Waals surface area contributed by atoms with Crippen LogP contribution in [0.5, 0.6) is 5.75 Å². The van der Waals surface area contributed by atoms with Crippen molar-refractivity contribution in [3.63, 3.8) is 0 Å². The molecule has 0 saturated carbocycles. The first-order chi connectivity index (χ1) is 11.1. The summed E-state index contributed by atoms with van der Waals surface area (Å²) in [5.41, 5.74) is 1.19. The number of carbonyl (C=O) groups is 1. The highest BCUT2D eigenvalue weighted by atomic mass is 35.5. The van der Waals surface area contributed by atoms with E-state index >= 15 is 0 Å². The average molecular weight is 352 g/mol. The van der Waals surface area contributed by atoms with Gasteiger partial charge in [-0.05, 0) is 48.4 Å². The van der Waals surface area contributed by atoms with Gasteiger partial charge < -0.3 is 10.1 Å². The first-order valence-corrected chi connectivity index (χ1v) is 8.51. The van der Waals surface area contributed by atoms with Crippen molar-refractivity contribution in [2.45, 2.75) is 17.4 Å². The maximum absolute atomic E-state index is 13.5. The molecule has 6 heteroatoms. The molecule has 0 bridgehead atoms. The minimum absolute atomic E-state index is 0.224. The molecular weight excluding hydrogens is 337 g/mol. The molecule has 1 aliphatic heterocycles. The Bertz CT molecular complexity index is 753. The number of ether oxygens (including phenoxy) is 1. The number of benzene rings is 2. The van der Waals surface area contributed by atoms with Gasteiger partial charge in [0.15, 0.2) is 0 Å². The van der Waals surface area contributed by atoms with Gasteiger partial charge in [0.25, 0.3) is 5.91 Å². The summed E-state index contributed by atoms with van der Waals surface area (Å²) in [6.07, 6.45) is 0.746. The Morgan fingerprint density at radius 2 is 2.17 bits per heavy atom. The van der Waals surface area contributed by atoms with Crippen molar-refractivity contribution in [1.29, 1.82) is 0 Å². The highest BCUT2D eigenvalue weighted by Crippen LogP contribution is 2.37. The Morgan fingerprint density at radius 3 is 2.96 bits per heavy atom. The highest BCUT2D eigenvalue weighted by Gasteiger charge is 2.24. The zero-order valence-corrected chi connectivity index (χ0v) is 14.0. The molecule has 2 aromatic rings. The van der Waals surface area contributed by atoms with Crippen LogP contribution in [-0.4, -0.2) is 18.8 Å². The standard InChI is InChI=1S/C17H15ClFNO2S/c1-22-15-4-2-10(18)8-13(15)17(21)20-14-6-7-23-16-5-3-11(19)9-12(14)16/h2-5,8-9,14H,6-7H2,1H3,(H,20,21). The zero-order valence-electron chi connectivity index (χ0n) is 12.4. The lowest BCUT2D eigenvalue weighted by Crippen LogP contribution is -2.31. The largest absolute Gasteiger partial charge is 0.496 e. The van der Waals surface area contributed by atoms with Crippen molar-refractivity contribution in [3.05, 3.63) is 58.4 Å². The fraction of sp³-hybridized carbons (Fsp3) is 0.235. The Balaban J connectivity index is 1.87. The predicted molar refractivity (Wildman–Crippen MR) is 90.0 cm³/mol. The molecular formula is C17H15ClFNO2S. The van der Waals surface area contributed by atoms with Gasteiger partial charge in [-0.3, -0.25) is 4.79 Å². The summed E-state index contributed by atoms with van der Waals surface area (Å²) in [5.74, 6) is 0.745. The number of amides is 1. The van der Waals surface area contributed by atoms with Crippen LogP contribution in [0.1, 0.15) is 28.4 Å². The molecule has 2 aromatic carbocycles. The normalized spacial score (nSPS) is 16.6. The van der Waals surface area contributed by atoms with Gasteiger partial charge >= 0.3 is 0 Å². The summed E-state index contributed by atoms with van der Waals surface area (Å²) >= 11 is 7.64. The van der Waals surface area contributed by atoms with Crippen LogP contribution in [0.25, 0.3) is 0 Å². The summed E-state index contributed by atoms with van der Waals surface area (Å²) < 4.78 is 18.8. The topological polar surface area (TPSA) is 38.3 Å². The minimum Gasteiger partial charge on any atom is -0.496 e. The molecule has 0 radical (unpaired) electrons. The lowest BCUT2D eigenvalue weighted by atomic mass is 10.0. The van der Waals surface area contributed by atoms with Crippen molar-refractivity contribution < 1.29 is 13.9 Å². The molecule has 1 N–H and O–H groups in total. The molecule has 0 saturated heterocycles. The number of nitrogens with one attached hydrogen (secondary N) is 1. The van der Waals surface area contributed by atoms with Crippen LogP contribution < -0.4 is 10.1 Å². The van der Waals surface area contributed by atoms with E-state index in [9.17, 15) is 9.18 Å². The first-order valence-electron chi connectivity index (χ1n) is 7.15. The Kier molecular flexibility index (Phi) is 4.78. The van der Waals surface area contributed by atoms with E-state index in [0.717, 1.165) is 22.6 Å². The monoisotopic (exact) mass is 351 g/mol. The molecule has 120 valence electrons. The second-order valence-electron chi connectivity index (χ2n) is 5.19. The van der Waals surface area contributed by atoms with Crippen LogP contribution in [0.3, 0.4) is 0 Å². The molecule has 3 rings (SSSR count). The predicted octanol–water partition coefficient (Wildman–Crippen LogP) is 4.45. The number of methoxy groups -OCH3 is 1. The van der Waals surface area contributed by atoms with Gasteiger partial charge in [-0.25, -0.2) is 4.39 Å². The van der Waals surface area contributed by atoms with E-state index in [-0.39, 0.29) is 17.8 Å². The van der Waals surface area contributed by atoms with Crippen molar-refractivity contribution in [2.75, 3.05) is 12.9 Å². The molecule has 1 aliphatic rings. The number of carbonyl (C=O) groups excluding carboxylic acids is 1. The molecule has 0 aromatic heterocycles. The summed E-state index contributed by atoms with van der Waals surface area (Å²) in [6.45, 7) is 0. The smallest absolute Gasteiger partial charge is 0.255 e. The van der Waals surface area contributed by atoms with Crippen LogP contribution in [-0.2, 0) is 0 Å². The average Bonchev–Trinajstić information content (AvgIpc) is 2.55. The first kappa shape index (κ1) is 16.1. The third kappa shape index (κ3) is 3.46. The van der Waals surface area contributed by atoms with Crippen molar-refractivity contribution in [2.24, 2.45) is 0 Å². The summed E-state index contributed by atoms with van der Waals surface area (Å²) in [7, 11) is 1.50. The molecule has 1 atom stereocenters. The number of halogens is 2. The Morgan fingerprint density at radius 1 is 1.35 bits per heavy atom. The second-order valence-corrected chi connectivity index (χ2v) is 6.76. The lowest BCUT2D eigenvalue weighted by Gasteiger charge is -2.26. The molecule has 1 heterocycles. The zero-order chi connectivity index (χ0) is 16.4. The van der Waals surface area contributed by atoms with E-state index in [1.54, 1.807) is 36.0 Å². The molecule has 0 spiro atoms. The summed E-state index contributed by atoms with van der Waals surface area (Å²) in [4.78, 5) is 13.6. The van der Waals surface area contributed by atoms with Gasteiger partial charge in [-0.2, -0.15) is 0 Å². The van der Waals surface area contributed by atoms with Crippen molar-refractivity contribution in [1.82, 2.24) is 5.32 Å². The van der Waals surface area contributed by atoms with E-state index < -0.39 is 0 Å². The molecule has 0 fully saturated rings. The van der Waals surface area contributed by atoms with Gasteiger partial charge in [-0.1, -0.05) is 11.6 Å². The number of hydrogen-bond donors (Lipinski definition) is 1. The lowest BCUT2D eigenvalue weighted by molar-refractivity contribution is 0.0932. The van der Waals surface area contributed by atoms with Crippen molar-refractivity contribution >= 4 is 29.3 Å². The molecule has 3 nitrogen and oxygen atoms in total. The van der Waals surface area contributed by atoms with E-state index in [0.29, 0.717) is 16.3 Å². The Hall–Kier alpha value is -1.72. The third-order valence-electron chi connectivity index (χ3n) is 3.72. The quantitative estimate of drug-likeness (QED) is 0.887. The van der Waals surface area contributed by atoms with Gasteiger partial charge in [-0.15, -0.1) is 11.8 Å². The van der Waals surface area contributed by atoms with Gasteiger partial charge in [0.2, 0.25) is 0 Å². The highest BCUT2D eigenvalue weighted by molar-refractivity contribution is 7.99. The van der Waals surface area contributed by atoms with Crippen molar-refractivity contribution in [3.8, 4) is 5.75 Å². The maximum atomic E-state index is 13.5. The van der Waals surface area contributed by atoms with Crippen LogP contribution in [0, 0.1) is 5.82 Å². The van der Waals surface area contributed by atoms with Gasteiger partial charge in [0.1, 0.15) is 11.6 Å². The van der Waals surface area contributed by atoms with Gasteiger partial charge in [0, 0.05) is 15.7 Å². The fourth-order valence-corrected chi connectivity index (χ4v) is 3.89. The molecule has 23 heavy (non-hydrogen) atoms. The molecule has 1 amide bonds. The third-order valence-corrected chi connectivity index (χ3v) is 5.08. The van der Waals surface area contributed by atoms with Crippen LogP contribution in [0.15, 0.2) is 41.3 Å². The summed E-state index contributed by atoms with van der Waals surface area (Å²) in [5, 5.41) is 3.42. The SMILES string of the molecule is COc1ccc(Cl)cc1C(=O)NC1CCSc2ccc(F)cc21. The fourth-order valence-electron chi connectivity index (χ4n) is 2.61. The maximum Gasteiger partial charge on any atom is 0.255 e. The minimum atomic E-state index is -0.300. The number of hydrogen-bond acceptors (Lipinski definition) is 3. The van der Waals surface area contributed by atoms with E-state index in [1.807, 2.05) is 0 Å². The van der Waals surface area contributed by atoms with Gasteiger partial charge in [0.05, 0.1) is 18.7 Å². The second kappa shape index (κ2) is 6.81. The summed E-state index contributed by atoms with van der Waals surface area (Å²) in [6, 6.07) is 9.35. The number of fused-ring (bicyclic) bond motifs is 1. The van der Waals surface area contributed by atoms with Crippen LogP contribution in [0.4, 0.5) is 4.39 Å². The number of thioether (sulfide) groups is 1. The molecule has 0 aliphatic carbocycles. The van der Waals surface area contributed by atoms with E-state index in [4.69, 9.17) is 16.3 Å².